The summed E-state index contributed by atoms with van der Waals surface area (Å²) in [5.41, 5.74) is 0.186. The van der Waals surface area contributed by atoms with E-state index in [4.69, 9.17) is 0 Å². The maximum absolute atomic E-state index is 12.0. The van der Waals surface area contributed by atoms with Crippen LogP contribution in [0.25, 0.3) is 10.9 Å². The molecule has 0 saturated carbocycles. The second kappa shape index (κ2) is 4.79. The molecular formula is C12H14N2O2S. The smallest absolute Gasteiger partial charge is 0.293 e. The van der Waals surface area contributed by atoms with Crippen molar-refractivity contribution in [1.82, 2.24) is 9.13 Å². The Bertz CT molecular complexity index is 658. The maximum atomic E-state index is 12.0. The van der Waals surface area contributed by atoms with Gasteiger partial charge >= 0.3 is 5.69 Å². The molecule has 0 aliphatic carbocycles. The fourth-order valence-corrected chi connectivity index (χ4v) is 2.03. The molecule has 17 heavy (non-hydrogen) atoms. The number of para-hydroxylation sites is 1. The lowest BCUT2D eigenvalue weighted by molar-refractivity contribution is 0.618. The standard InChI is InChI=1S/C12H14N2O2S/c1-13-11(15)9-5-2-3-6-10(9)14(12(13)16)7-4-8-17/h2-3,5-6,17H,4,7-8H2,1H3. The molecule has 0 atom stereocenters. The van der Waals surface area contributed by atoms with Gasteiger partial charge in [0, 0.05) is 13.6 Å². The zero-order valence-corrected chi connectivity index (χ0v) is 10.5. The van der Waals surface area contributed by atoms with E-state index in [1.165, 1.54) is 7.05 Å². The number of thiol groups is 1. The van der Waals surface area contributed by atoms with Gasteiger partial charge in [-0.2, -0.15) is 12.6 Å². The number of rotatable bonds is 3. The van der Waals surface area contributed by atoms with E-state index in [-0.39, 0.29) is 11.2 Å². The van der Waals surface area contributed by atoms with Gasteiger partial charge in [0.25, 0.3) is 5.56 Å². The minimum atomic E-state index is -0.268. The molecule has 0 fully saturated rings. The van der Waals surface area contributed by atoms with E-state index >= 15 is 0 Å². The van der Waals surface area contributed by atoms with Gasteiger partial charge in [-0.05, 0) is 24.3 Å². The minimum Gasteiger partial charge on any atom is -0.293 e. The van der Waals surface area contributed by atoms with Crippen LogP contribution in [0, 0.1) is 0 Å². The van der Waals surface area contributed by atoms with Crippen LogP contribution in [0.5, 0.6) is 0 Å². The maximum Gasteiger partial charge on any atom is 0.331 e. The van der Waals surface area contributed by atoms with Crippen LogP contribution in [0.15, 0.2) is 33.9 Å². The summed E-state index contributed by atoms with van der Waals surface area (Å²) in [6.07, 6.45) is 0.797. The van der Waals surface area contributed by atoms with Crippen molar-refractivity contribution in [2.24, 2.45) is 7.05 Å². The van der Waals surface area contributed by atoms with Gasteiger partial charge < -0.3 is 0 Å². The third kappa shape index (κ3) is 2.02. The summed E-state index contributed by atoms with van der Waals surface area (Å²) < 4.78 is 2.79. The number of nitrogens with zero attached hydrogens (tertiary/aromatic N) is 2. The fourth-order valence-electron chi connectivity index (χ4n) is 1.89. The molecule has 0 radical (unpaired) electrons. The van der Waals surface area contributed by atoms with Crippen molar-refractivity contribution in [3.8, 4) is 0 Å². The van der Waals surface area contributed by atoms with Crippen LogP contribution in [-0.4, -0.2) is 14.9 Å². The molecule has 0 saturated heterocycles. The van der Waals surface area contributed by atoms with Gasteiger partial charge in [0.05, 0.1) is 10.9 Å². The number of aromatic nitrogens is 2. The van der Waals surface area contributed by atoms with Gasteiger partial charge in [-0.15, -0.1) is 0 Å². The van der Waals surface area contributed by atoms with Gasteiger partial charge in [-0.25, -0.2) is 4.79 Å². The lowest BCUT2D eigenvalue weighted by Crippen LogP contribution is -2.38. The molecule has 2 rings (SSSR count). The van der Waals surface area contributed by atoms with Gasteiger partial charge in [0.15, 0.2) is 0 Å². The second-order valence-electron chi connectivity index (χ2n) is 3.89. The molecule has 0 spiro atoms. The number of fused-ring (bicyclic) bond motifs is 1. The lowest BCUT2D eigenvalue weighted by atomic mass is 10.2. The Morgan fingerprint density at radius 3 is 2.65 bits per heavy atom. The normalized spacial score (nSPS) is 10.9. The van der Waals surface area contributed by atoms with Crippen LogP contribution in [0.4, 0.5) is 0 Å². The monoisotopic (exact) mass is 250 g/mol. The average molecular weight is 250 g/mol. The van der Waals surface area contributed by atoms with E-state index in [0.717, 1.165) is 11.0 Å². The molecule has 2 aromatic rings. The van der Waals surface area contributed by atoms with Crippen LogP contribution in [0.1, 0.15) is 6.42 Å². The first kappa shape index (κ1) is 12.0. The Morgan fingerprint density at radius 2 is 1.94 bits per heavy atom. The summed E-state index contributed by atoms with van der Waals surface area (Å²) in [7, 11) is 1.51. The number of aryl methyl sites for hydroxylation is 1. The van der Waals surface area contributed by atoms with Crippen LogP contribution >= 0.6 is 12.6 Å². The summed E-state index contributed by atoms with van der Waals surface area (Å²) in [6, 6.07) is 7.18. The Kier molecular flexibility index (Phi) is 3.38. The first-order valence-electron chi connectivity index (χ1n) is 5.46. The zero-order chi connectivity index (χ0) is 12.4. The minimum absolute atomic E-state index is 0.243. The van der Waals surface area contributed by atoms with Crippen molar-refractivity contribution in [3.05, 3.63) is 45.1 Å². The third-order valence-electron chi connectivity index (χ3n) is 2.79. The predicted octanol–water partition coefficient (Wildman–Crippen LogP) is 1.02. The molecule has 0 bridgehead atoms. The molecule has 5 heteroatoms. The van der Waals surface area contributed by atoms with Crippen molar-refractivity contribution >= 4 is 23.5 Å². The summed E-state index contributed by atoms with van der Waals surface area (Å²) in [5.74, 6) is 0.712. The third-order valence-corrected chi connectivity index (χ3v) is 3.10. The number of benzene rings is 1. The van der Waals surface area contributed by atoms with Gasteiger partial charge in [0.1, 0.15) is 0 Å². The molecule has 0 aliphatic rings. The van der Waals surface area contributed by atoms with Crippen molar-refractivity contribution in [1.29, 1.82) is 0 Å². The van der Waals surface area contributed by atoms with Crippen LogP contribution < -0.4 is 11.2 Å². The van der Waals surface area contributed by atoms with E-state index in [2.05, 4.69) is 12.6 Å². The SMILES string of the molecule is Cn1c(=O)c2ccccc2n(CCCS)c1=O. The second-order valence-corrected chi connectivity index (χ2v) is 4.34. The molecule has 1 aromatic heterocycles. The van der Waals surface area contributed by atoms with Crippen molar-refractivity contribution in [2.45, 2.75) is 13.0 Å². The average Bonchev–Trinajstić information content (AvgIpc) is 2.36. The molecule has 0 amide bonds. The predicted molar refractivity (Wildman–Crippen MR) is 71.9 cm³/mol. The molecule has 4 nitrogen and oxygen atoms in total. The molecule has 0 aliphatic heterocycles. The van der Waals surface area contributed by atoms with Crippen LogP contribution in [0.3, 0.4) is 0 Å². The van der Waals surface area contributed by atoms with Gasteiger partial charge in [0.2, 0.25) is 0 Å². The van der Waals surface area contributed by atoms with E-state index in [9.17, 15) is 9.59 Å². The summed E-state index contributed by atoms with van der Waals surface area (Å²) >= 11 is 4.14. The molecule has 1 heterocycles. The number of hydrogen-bond donors (Lipinski definition) is 1. The van der Waals surface area contributed by atoms with E-state index in [0.29, 0.717) is 23.2 Å². The molecule has 90 valence electrons. The Balaban J connectivity index is 2.81. The molecule has 0 N–H and O–H groups in total. The first-order valence-corrected chi connectivity index (χ1v) is 6.09. The van der Waals surface area contributed by atoms with Gasteiger partial charge in [-0.1, -0.05) is 12.1 Å². The number of hydrogen-bond acceptors (Lipinski definition) is 3. The van der Waals surface area contributed by atoms with Crippen molar-refractivity contribution < 1.29 is 0 Å². The van der Waals surface area contributed by atoms with E-state index in [1.807, 2.05) is 6.07 Å². The van der Waals surface area contributed by atoms with E-state index in [1.54, 1.807) is 22.8 Å². The van der Waals surface area contributed by atoms with Gasteiger partial charge in [-0.3, -0.25) is 13.9 Å². The molecule has 0 unspecified atom stereocenters. The fraction of sp³-hybridized carbons (Fsp3) is 0.333. The molecule has 1 aromatic carbocycles. The Morgan fingerprint density at radius 1 is 1.24 bits per heavy atom. The molecular weight excluding hydrogens is 236 g/mol. The largest absolute Gasteiger partial charge is 0.331 e. The summed E-state index contributed by atoms with van der Waals surface area (Å²) in [4.78, 5) is 23.9. The van der Waals surface area contributed by atoms with Crippen molar-refractivity contribution in [2.75, 3.05) is 5.75 Å². The highest BCUT2D eigenvalue weighted by molar-refractivity contribution is 7.80. The highest BCUT2D eigenvalue weighted by Gasteiger charge is 2.09. The zero-order valence-electron chi connectivity index (χ0n) is 9.59. The van der Waals surface area contributed by atoms with Crippen molar-refractivity contribution in [3.63, 3.8) is 0 Å². The quantitative estimate of drug-likeness (QED) is 0.827. The van der Waals surface area contributed by atoms with E-state index < -0.39 is 0 Å². The Hall–Kier alpha value is -1.49. The summed E-state index contributed by atoms with van der Waals surface area (Å²) in [6.45, 7) is 0.580. The summed E-state index contributed by atoms with van der Waals surface area (Å²) in [5, 5.41) is 0.578. The van der Waals surface area contributed by atoms with Crippen LogP contribution in [-0.2, 0) is 13.6 Å². The lowest BCUT2D eigenvalue weighted by Gasteiger charge is -2.10. The highest BCUT2D eigenvalue weighted by Crippen LogP contribution is 2.07. The highest BCUT2D eigenvalue weighted by atomic mass is 32.1. The first-order chi connectivity index (χ1) is 8.16. The topological polar surface area (TPSA) is 44.0 Å². The Labute approximate surface area is 104 Å². The van der Waals surface area contributed by atoms with Crippen LogP contribution in [0.2, 0.25) is 0 Å².